The Morgan fingerprint density at radius 1 is 0.830 bits per heavy atom. The van der Waals surface area contributed by atoms with Crippen LogP contribution in [0.4, 0.5) is 0 Å². The third-order valence-corrected chi connectivity index (χ3v) is 7.78. The molecule has 0 fully saturated rings. The van der Waals surface area contributed by atoms with Gasteiger partial charge in [0, 0.05) is 34.9 Å². The van der Waals surface area contributed by atoms with Gasteiger partial charge in [0.25, 0.3) is 0 Å². The Bertz CT molecular complexity index is 2080. The van der Waals surface area contributed by atoms with Gasteiger partial charge in [-0.2, -0.15) is 0 Å². The summed E-state index contributed by atoms with van der Waals surface area (Å²) in [6.07, 6.45) is -0.203. The quantitative estimate of drug-likeness (QED) is 0.128. The Kier molecular flexibility index (Phi) is 8.29. The highest BCUT2D eigenvalue weighted by atomic mass is 16.6. The van der Waals surface area contributed by atoms with Gasteiger partial charge in [0.2, 0.25) is 0 Å². The van der Waals surface area contributed by atoms with Gasteiger partial charge in [-0.25, -0.2) is 0 Å². The van der Waals surface area contributed by atoms with Crippen LogP contribution in [0.5, 0.6) is 46.0 Å². The predicted molar refractivity (Wildman–Crippen MR) is 170 cm³/mol. The molecule has 0 aliphatic carbocycles. The number of phenols is 4. The van der Waals surface area contributed by atoms with E-state index in [1.165, 1.54) is 38.5 Å². The summed E-state index contributed by atoms with van der Waals surface area (Å²) in [6, 6.07) is 16.0. The normalized spacial score (nSPS) is 15.9. The lowest BCUT2D eigenvalue weighted by Crippen LogP contribution is -2.36. The van der Waals surface area contributed by atoms with E-state index in [4.69, 9.17) is 23.4 Å². The van der Waals surface area contributed by atoms with E-state index >= 15 is 0 Å². The third-order valence-electron chi connectivity index (χ3n) is 7.78. The van der Waals surface area contributed by atoms with E-state index < -0.39 is 36.6 Å². The second kappa shape index (κ2) is 12.5. The fourth-order valence-corrected chi connectivity index (χ4v) is 5.49. The van der Waals surface area contributed by atoms with Crippen LogP contribution in [0, 0.1) is 0 Å². The number of fused-ring (bicyclic) bond motifs is 2. The van der Waals surface area contributed by atoms with Crippen LogP contribution in [0.2, 0.25) is 0 Å². The summed E-state index contributed by atoms with van der Waals surface area (Å²) in [5.41, 5.74) is 1.43. The van der Waals surface area contributed by atoms with Crippen molar-refractivity contribution in [3.05, 3.63) is 93.6 Å². The molecule has 5 aromatic rings. The number of hydrogen-bond acceptors (Lipinski definition) is 12. The number of aliphatic hydroxyl groups is 2. The standard InChI is InChI=1S/C35H30O12/c1-43-28-8-17(3-5-23(28)39)7-20(15-36)22-9-19(11-31(44-2)34(22)42)35-32(16-37)45-26-6-4-18(10-29(26)47-35)27-14-25(41)33-24(40)12-21(38)13-30(33)46-27/h3-14,32,35-40,42H,15-16H2,1-2H3/b20-7+/t32-,35-/m0/s1. The fourth-order valence-electron chi connectivity index (χ4n) is 5.49. The van der Waals surface area contributed by atoms with E-state index in [1.54, 1.807) is 42.5 Å². The summed E-state index contributed by atoms with van der Waals surface area (Å²) < 4.78 is 28.9. The van der Waals surface area contributed by atoms with Gasteiger partial charge >= 0.3 is 0 Å². The second-order valence-electron chi connectivity index (χ2n) is 10.7. The number of rotatable bonds is 8. The molecular weight excluding hydrogens is 612 g/mol. The van der Waals surface area contributed by atoms with Crippen LogP contribution in [0.3, 0.4) is 0 Å². The van der Waals surface area contributed by atoms with Gasteiger partial charge in [-0.15, -0.1) is 0 Å². The maximum absolute atomic E-state index is 12.8. The van der Waals surface area contributed by atoms with Gasteiger partial charge in [0.1, 0.15) is 28.2 Å². The molecule has 12 nitrogen and oxygen atoms in total. The molecule has 1 aliphatic rings. The summed E-state index contributed by atoms with van der Waals surface area (Å²) in [4.78, 5) is 12.8. The summed E-state index contributed by atoms with van der Waals surface area (Å²) in [5, 5.41) is 61.6. The monoisotopic (exact) mass is 642 g/mol. The zero-order valence-corrected chi connectivity index (χ0v) is 25.1. The molecule has 0 radical (unpaired) electrons. The highest BCUT2D eigenvalue weighted by Gasteiger charge is 2.34. The van der Waals surface area contributed by atoms with Crippen molar-refractivity contribution in [1.29, 1.82) is 0 Å². The van der Waals surface area contributed by atoms with Crippen molar-refractivity contribution in [2.45, 2.75) is 12.2 Å². The molecule has 2 heterocycles. The first-order valence-electron chi connectivity index (χ1n) is 14.3. The summed E-state index contributed by atoms with van der Waals surface area (Å²) in [7, 11) is 2.78. The number of methoxy groups -OCH3 is 2. The van der Waals surface area contributed by atoms with Gasteiger partial charge in [0.05, 0.1) is 27.4 Å². The van der Waals surface area contributed by atoms with Crippen molar-refractivity contribution in [1.82, 2.24) is 0 Å². The zero-order valence-electron chi connectivity index (χ0n) is 25.1. The molecule has 0 spiro atoms. The lowest BCUT2D eigenvalue weighted by molar-refractivity contribution is -0.0123. The summed E-state index contributed by atoms with van der Waals surface area (Å²) in [5.74, 6) is 0.00424. The Balaban J connectivity index is 1.41. The molecule has 4 aromatic carbocycles. The minimum atomic E-state index is -0.929. The van der Waals surface area contributed by atoms with Crippen molar-refractivity contribution in [3.63, 3.8) is 0 Å². The van der Waals surface area contributed by atoms with Crippen molar-refractivity contribution in [2.24, 2.45) is 0 Å². The van der Waals surface area contributed by atoms with Gasteiger partial charge in [-0.3, -0.25) is 4.79 Å². The first kappa shape index (κ1) is 31.1. The number of hydrogen-bond donors (Lipinski definition) is 6. The lowest BCUT2D eigenvalue weighted by atomic mass is 9.95. The van der Waals surface area contributed by atoms with Crippen LogP contribution >= 0.6 is 0 Å². The Morgan fingerprint density at radius 3 is 2.34 bits per heavy atom. The summed E-state index contributed by atoms with van der Waals surface area (Å²) in [6.45, 7) is -0.916. The van der Waals surface area contributed by atoms with Crippen molar-refractivity contribution in [2.75, 3.05) is 27.4 Å². The average molecular weight is 643 g/mol. The molecule has 0 bridgehead atoms. The molecule has 0 unspecified atom stereocenters. The second-order valence-corrected chi connectivity index (χ2v) is 10.7. The predicted octanol–water partition coefficient (Wildman–Crippen LogP) is 4.71. The van der Waals surface area contributed by atoms with Crippen LogP contribution < -0.4 is 24.4 Å². The fraction of sp³-hybridized carbons (Fsp3) is 0.171. The van der Waals surface area contributed by atoms with Gasteiger partial charge in [-0.05, 0) is 59.7 Å². The molecule has 0 saturated carbocycles. The maximum Gasteiger partial charge on any atom is 0.197 e. The molecule has 6 rings (SSSR count). The van der Waals surface area contributed by atoms with E-state index in [1.807, 2.05) is 0 Å². The van der Waals surface area contributed by atoms with Crippen molar-refractivity contribution in [3.8, 4) is 57.3 Å². The number of benzene rings is 4. The van der Waals surface area contributed by atoms with E-state index in [-0.39, 0.29) is 56.8 Å². The lowest BCUT2D eigenvalue weighted by Gasteiger charge is -2.34. The first-order valence-corrected chi connectivity index (χ1v) is 14.3. The first-order chi connectivity index (χ1) is 22.6. The largest absolute Gasteiger partial charge is 0.508 e. The zero-order chi connectivity index (χ0) is 33.4. The molecule has 1 aromatic heterocycles. The molecule has 12 heteroatoms. The van der Waals surface area contributed by atoms with E-state index in [0.29, 0.717) is 28.0 Å². The van der Waals surface area contributed by atoms with E-state index in [0.717, 1.165) is 6.07 Å². The topological polar surface area (TPSA) is 189 Å². The van der Waals surface area contributed by atoms with Crippen LogP contribution in [0.1, 0.15) is 22.8 Å². The number of aliphatic hydroxyl groups excluding tert-OH is 2. The van der Waals surface area contributed by atoms with Gasteiger partial charge in [-0.1, -0.05) is 6.07 Å². The van der Waals surface area contributed by atoms with Gasteiger partial charge < -0.3 is 54.0 Å². The van der Waals surface area contributed by atoms with Gasteiger partial charge in [0.15, 0.2) is 52.1 Å². The molecule has 2 atom stereocenters. The van der Waals surface area contributed by atoms with E-state index in [9.17, 15) is 35.4 Å². The minimum absolute atomic E-state index is 0.0136. The summed E-state index contributed by atoms with van der Waals surface area (Å²) >= 11 is 0. The van der Waals surface area contributed by atoms with Crippen molar-refractivity contribution >= 4 is 22.6 Å². The molecule has 242 valence electrons. The van der Waals surface area contributed by atoms with Crippen LogP contribution in [-0.4, -0.2) is 64.2 Å². The number of ether oxygens (including phenoxy) is 4. The molecule has 47 heavy (non-hydrogen) atoms. The van der Waals surface area contributed by atoms with Crippen molar-refractivity contribution < 1.29 is 54.0 Å². The molecule has 0 saturated heterocycles. The Morgan fingerprint density at radius 2 is 1.62 bits per heavy atom. The van der Waals surface area contributed by atoms with E-state index in [2.05, 4.69) is 0 Å². The van der Waals surface area contributed by atoms with Crippen LogP contribution in [0.15, 0.2) is 75.9 Å². The Hall–Kier alpha value is -5.85. The van der Waals surface area contributed by atoms with Crippen LogP contribution in [0.25, 0.3) is 33.9 Å². The Labute approximate surface area is 267 Å². The SMILES string of the molecule is COc1cc(/C=C(\CO)c2cc([C@@H]3Oc4cc(-c5cc(=O)c6c(O)cc(O)cc6o5)ccc4O[C@H]3CO)cc(OC)c2O)ccc1O. The smallest absolute Gasteiger partial charge is 0.197 e. The maximum atomic E-state index is 12.8. The highest BCUT2D eigenvalue weighted by molar-refractivity contribution is 5.87. The average Bonchev–Trinajstić information content (AvgIpc) is 3.06. The molecule has 0 amide bonds. The van der Waals surface area contributed by atoms with Crippen LogP contribution in [-0.2, 0) is 0 Å². The third kappa shape index (κ3) is 5.83. The minimum Gasteiger partial charge on any atom is -0.508 e. The molecular formula is C35H30O12. The highest BCUT2D eigenvalue weighted by Crippen LogP contribution is 2.45. The number of aromatic hydroxyl groups is 4. The number of phenolic OH excluding ortho intramolecular Hbond substituents is 4. The molecule has 6 N–H and O–H groups in total. The molecule has 1 aliphatic heterocycles.